The van der Waals surface area contributed by atoms with Crippen LogP contribution in [-0.2, 0) is 0 Å². The van der Waals surface area contributed by atoms with Crippen molar-refractivity contribution in [3.8, 4) is 0 Å². The summed E-state index contributed by atoms with van der Waals surface area (Å²) >= 11 is 0. The molecule has 1 atom stereocenters. The molecule has 0 bridgehead atoms. The Morgan fingerprint density at radius 2 is 2.08 bits per heavy atom. The fraction of sp³-hybridized carbons (Fsp3) is 0.667. The second-order valence-electron chi connectivity index (χ2n) is 4.12. The average molecular weight is 184 g/mol. The molecule has 0 nitrogen and oxygen atoms in total. The third kappa shape index (κ3) is 5.62. The second-order valence-corrected chi connectivity index (χ2v) is 4.12. The molecule has 0 spiro atoms. The highest BCUT2D eigenvalue weighted by atomic mass is 19.1. The molecule has 76 valence electrons. The maximum Gasteiger partial charge on any atom is 0.108 e. The lowest BCUT2D eigenvalue weighted by Gasteiger charge is -2.21. The van der Waals surface area contributed by atoms with Gasteiger partial charge in [-0.3, -0.25) is 0 Å². The van der Waals surface area contributed by atoms with Crippen LogP contribution in [0.15, 0.2) is 24.3 Å². The van der Waals surface area contributed by atoms with Crippen LogP contribution >= 0.6 is 0 Å². The number of allylic oxidation sites excluding steroid dienone is 3. The van der Waals surface area contributed by atoms with E-state index in [1.54, 1.807) is 13.8 Å². The smallest absolute Gasteiger partial charge is 0.108 e. The Hall–Kier alpha value is -0.590. The molecule has 0 saturated carbocycles. The molecule has 0 aromatic rings. The molecule has 0 aromatic carbocycles. The van der Waals surface area contributed by atoms with E-state index in [4.69, 9.17) is 0 Å². The van der Waals surface area contributed by atoms with Gasteiger partial charge in [-0.25, -0.2) is 4.39 Å². The zero-order valence-electron chi connectivity index (χ0n) is 9.23. The van der Waals surface area contributed by atoms with Gasteiger partial charge in [-0.15, -0.1) is 0 Å². The Balaban J connectivity index is 3.89. The van der Waals surface area contributed by atoms with Crippen molar-refractivity contribution in [3.05, 3.63) is 24.3 Å². The summed E-state index contributed by atoms with van der Waals surface area (Å²) in [6.07, 6.45) is 5.74. The molecule has 0 N–H and O–H groups in total. The Bertz CT molecular complexity index is 184. The topological polar surface area (TPSA) is 0 Å². The Kier molecular flexibility index (Phi) is 4.97. The molecule has 0 aliphatic rings. The molecular weight excluding hydrogens is 163 g/mol. The number of halogens is 1. The molecule has 13 heavy (non-hydrogen) atoms. The van der Waals surface area contributed by atoms with Gasteiger partial charge in [0.1, 0.15) is 5.67 Å². The predicted octanol–water partition coefficient (Wildman–Crippen LogP) is 4.28. The first-order chi connectivity index (χ1) is 5.88. The van der Waals surface area contributed by atoms with E-state index in [0.717, 1.165) is 18.4 Å². The lowest BCUT2D eigenvalue weighted by atomic mass is 9.91. The van der Waals surface area contributed by atoms with Crippen LogP contribution in [-0.4, -0.2) is 5.67 Å². The van der Waals surface area contributed by atoms with Crippen molar-refractivity contribution in [3.63, 3.8) is 0 Å². The predicted molar refractivity (Wildman–Crippen MR) is 57.5 cm³/mol. The van der Waals surface area contributed by atoms with Crippen LogP contribution in [0.3, 0.4) is 0 Å². The first kappa shape index (κ1) is 12.4. The Labute approximate surface area is 81.5 Å². The monoisotopic (exact) mass is 184 g/mol. The van der Waals surface area contributed by atoms with Crippen molar-refractivity contribution in [1.29, 1.82) is 0 Å². The van der Waals surface area contributed by atoms with Crippen LogP contribution in [0.4, 0.5) is 4.39 Å². The van der Waals surface area contributed by atoms with E-state index in [9.17, 15) is 4.39 Å². The molecule has 0 rings (SSSR count). The molecule has 0 aliphatic carbocycles. The van der Waals surface area contributed by atoms with Gasteiger partial charge in [0.25, 0.3) is 0 Å². The lowest BCUT2D eigenvalue weighted by molar-refractivity contribution is 0.138. The summed E-state index contributed by atoms with van der Waals surface area (Å²) in [5.74, 6) is 0.0633. The standard InChI is InChI=1S/C12H21F/c1-6-10(2)8-7-9-11(3)12(4,5)13/h7-8,11H,2,6,9H2,1,3-5H3. The summed E-state index contributed by atoms with van der Waals surface area (Å²) in [5.41, 5.74) is 0.0154. The SMILES string of the molecule is C=C(C=CCC(C)C(C)(C)F)CC. The van der Waals surface area contributed by atoms with E-state index < -0.39 is 5.67 Å². The van der Waals surface area contributed by atoms with Crippen molar-refractivity contribution >= 4 is 0 Å². The van der Waals surface area contributed by atoms with Gasteiger partial charge in [0.2, 0.25) is 0 Å². The van der Waals surface area contributed by atoms with Crippen molar-refractivity contribution in [2.75, 3.05) is 0 Å². The van der Waals surface area contributed by atoms with Crippen molar-refractivity contribution in [2.24, 2.45) is 5.92 Å². The first-order valence-corrected chi connectivity index (χ1v) is 4.91. The van der Waals surface area contributed by atoms with Gasteiger partial charge >= 0.3 is 0 Å². The van der Waals surface area contributed by atoms with Gasteiger partial charge < -0.3 is 0 Å². The molecule has 0 fully saturated rings. The minimum Gasteiger partial charge on any atom is -0.244 e. The zero-order valence-corrected chi connectivity index (χ0v) is 9.23. The number of hydrogen-bond acceptors (Lipinski definition) is 0. The largest absolute Gasteiger partial charge is 0.244 e. The van der Waals surface area contributed by atoms with Crippen LogP contribution in [0.1, 0.15) is 40.5 Å². The van der Waals surface area contributed by atoms with E-state index in [0.29, 0.717) is 0 Å². The Morgan fingerprint density at radius 3 is 2.46 bits per heavy atom. The molecular formula is C12H21F. The highest BCUT2D eigenvalue weighted by molar-refractivity contribution is 5.13. The quantitative estimate of drug-likeness (QED) is 0.559. The summed E-state index contributed by atoms with van der Waals surface area (Å²) in [6.45, 7) is 11.1. The molecule has 0 radical (unpaired) electrons. The summed E-state index contributed by atoms with van der Waals surface area (Å²) in [7, 11) is 0. The maximum atomic E-state index is 13.3. The lowest BCUT2D eigenvalue weighted by Crippen LogP contribution is -2.22. The molecule has 0 aromatic heterocycles. The zero-order chi connectivity index (χ0) is 10.5. The average Bonchev–Trinajstić information content (AvgIpc) is 2.02. The Morgan fingerprint density at radius 1 is 1.54 bits per heavy atom. The summed E-state index contributed by atoms with van der Waals surface area (Å²) in [4.78, 5) is 0. The summed E-state index contributed by atoms with van der Waals surface area (Å²) < 4.78 is 13.3. The highest BCUT2D eigenvalue weighted by Gasteiger charge is 2.23. The van der Waals surface area contributed by atoms with Crippen LogP contribution in [0.25, 0.3) is 0 Å². The number of alkyl halides is 1. The normalized spacial score (nSPS) is 14.8. The fourth-order valence-corrected chi connectivity index (χ4v) is 0.837. The van der Waals surface area contributed by atoms with E-state index in [1.165, 1.54) is 0 Å². The van der Waals surface area contributed by atoms with Crippen LogP contribution < -0.4 is 0 Å². The van der Waals surface area contributed by atoms with Crippen molar-refractivity contribution in [2.45, 2.75) is 46.2 Å². The van der Waals surface area contributed by atoms with Crippen LogP contribution in [0.5, 0.6) is 0 Å². The van der Waals surface area contributed by atoms with Gasteiger partial charge in [-0.1, -0.05) is 38.2 Å². The second kappa shape index (κ2) is 5.21. The third-order valence-electron chi connectivity index (χ3n) is 2.47. The minimum atomic E-state index is -1.09. The van der Waals surface area contributed by atoms with Gasteiger partial charge in [-0.2, -0.15) is 0 Å². The van der Waals surface area contributed by atoms with Crippen LogP contribution in [0, 0.1) is 5.92 Å². The van der Waals surface area contributed by atoms with Crippen molar-refractivity contribution in [1.82, 2.24) is 0 Å². The molecule has 0 aliphatic heterocycles. The molecule has 0 amide bonds. The molecule has 1 unspecified atom stereocenters. The molecule has 0 heterocycles. The summed E-state index contributed by atoms with van der Waals surface area (Å²) in [5, 5.41) is 0. The number of rotatable bonds is 5. The minimum absolute atomic E-state index is 0.0633. The van der Waals surface area contributed by atoms with Gasteiger partial charge in [0.15, 0.2) is 0 Å². The summed E-state index contributed by atoms with van der Waals surface area (Å²) in [6, 6.07) is 0. The van der Waals surface area contributed by atoms with E-state index in [2.05, 4.69) is 13.5 Å². The fourth-order valence-electron chi connectivity index (χ4n) is 0.837. The van der Waals surface area contributed by atoms with Gasteiger partial charge in [0, 0.05) is 0 Å². The van der Waals surface area contributed by atoms with Crippen LogP contribution in [0.2, 0.25) is 0 Å². The van der Waals surface area contributed by atoms with E-state index >= 15 is 0 Å². The van der Waals surface area contributed by atoms with Gasteiger partial charge in [0.05, 0.1) is 0 Å². The highest BCUT2D eigenvalue weighted by Crippen LogP contribution is 2.24. The third-order valence-corrected chi connectivity index (χ3v) is 2.47. The first-order valence-electron chi connectivity index (χ1n) is 4.91. The number of hydrogen-bond donors (Lipinski definition) is 0. The van der Waals surface area contributed by atoms with E-state index in [1.807, 2.05) is 19.1 Å². The van der Waals surface area contributed by atoms with Crippen molar-refractivity contribution < 1.29 is 4.39 Å². The molecule has 0 saturated heterocycles. The maximum absolute atomic E-state index is 13.3. The van der Waals surface area contributed by atoms with Gasteiger partial charge in [-0.05, 0) is 32.6 Å². The van der Waals surface area contributed by atoms with E-state index in [-0.39, 0.29) is 5.92 Å². The molecule has 1 heteroatoms.